The summed E-state index contributed by atoms with van der Waals surface area (Å²) in [5.74, 6) is 1.17. The summed E-state index contributed by atoms with van der Waals surface area (Å²) in [5.41, 5.74) is 0.997. The molecule has 166 valence electrons. The van der Waals surface area contributed by atoms with Crippen LogP contribution in [0.3, 0.4) is 0 Å². The Kier molecular flexibility index (Phi) is 6.03. The van der Waals surface area contributed by atoms with Crippen molar-refractivity contribution in [3.8, 4) is 17.2 Å². The highest BCUT2D eigenvalue weighted by atomic mass is 32.2. The second-order valence-corrected chi connectivity index (χ2v) is 9.38. The molecule has 31 heavy (non-hydrogen) atoms. The molecule has 0 aromatic heterocycles. The van der Waals surface area contributed by atoms with Gasteiger partial charge in [0.2, 0.25) is 16.8 Å². The number of fused-ring (bicyclic) bond motifs is 1. The number of carbonyl (C=O) groups excluding carboxylic acids is 1. The zero-order valence-corrected chi connectivity index (χ0v) is 18.3. The number of sulfonamides is 1. The number of ether oxygens (including phenoxy) is 3. The predicted molar refractivity (Wildman–Crippen MR) is 113 cm³/mol. The molecule has 1 fully saturated rings. The molecule has 2 aromatic carbocycles. The number of nitrogens with one attached hydrogen (secondary N) is 1. The van der Waals surface area contributed by atoms with Crippen LogP contribution in [0, 0.1) is 0 Å². The van der Waals surface area contributed by atoms with Crippen molar-refractivity contribution in [2.75, 3.05) is 47.1 Å². The van der Waals surface area contributed by atoms with E-state index in [9.17, 15) is 13.2 Å². The summed E-state index contributed by atoms with van der Waals surface area (Å²) in [5, 5.41) is 2.81. The number of nitrogens with zero attached hydrogens (tertiary/aromatic N) is 2. The average Bonchev–Trinajstić information content (AvgIpc) is 3.25. The molecule has 0 saturated carbocycles. The fraction of sp³-hybridized carbons (Fsp3) is 0.381. The monoisotopic (exact) mass is 447 g/mol. The van der Waals surface area contributed by atoms with Crippen molar-refractivity contribution in [1.82, 2.24) is 14.5 Å². The Labute approximate surface area is 181 Å². The lowest BCUT2D eigenvalue weighted by atomic mass is 10.1. The standard InChI is InChI=1S/C21H25N3O6S/c1-23-7-9-24(10-8-23)31(26,27)16-4-6-18(28-2)17(12-16)21(25)22-13-15-3-5-19-20(11-15)30-14-29-19/h3-6,11-12H,7-10,13-14H2,1-2H3,(H,22,25). The average molecular weight is 448 g/mol. The van der Waals surface area contributed by atoms with Crippen LogP contribution in [0.1, 0.15) is 15.9 Å². The lowest BCUT2D eigenvalue weighted by molar-refractivity contribution is 0.0947. The van der Waals surface area contributed by atoms with Crippen LogP contribution in [-0.4, -0.2) is 70.7 Å². The van der Waals surface area contributed by atoms with Crippen molar-refractivity contribution in [3.63, 3.8) is 0 Å². The van der Waals surface area contributed by atoms with E-state index < -0.39 is 15.9 Å². The number of methoxy groups -OCH3 is 1. The lowest BCUT2D eigenvalue weighted by Crippen LogP contribution is -2.47. The van der Waals surface area contributed by atoms with Gasteiger partial charge in [0.25, 0.3) is 5.91 Å². The molecule has 1 amide bonds. The number of piperazine rings is 1. The quantitative estimate of drug-likeness (QED) is 0.713. The minimum Gasteiger partial charge on any atom is -0.496 e. The third-order valence-corrected chi connectivity index (χ3v) is 7.30. The number of benzene rings is 2. The van der Waals surface area contributed by atoms with Gasteiger partial charge in [0.1, 0.15) is 5.75 Å². The van der Waals surface area contributed by atoms with E-state index in [1.54, 1.807) is 12.1 Å². The van der Waals surface area contributed by atoms with Gasteiger partial charge in [0.05, 0.1) is 17.6 Å². The van der Waals surface area contributed by atoms with E-state index in [1.165, 1.54) is 29.6 Å². The molecule has 2 aromatic rings. The van der Waals surface area contributed by atoms with Crippen LogP contribution in [0.5, 0.6) is 17.2 Å². The predicted octanol–water partition coefficient (Wildman–Crippen LogP) is 1.29. The Balaban J connectivity index is 1.52. The molecule has 10 heteroatoms. The normalized spacial score (nSPS) is 16.8. The van der Waals surface area contributed by atoms with E-state index in [2.05, 4.69) is 10.2 Å². The van der Waals surface area contributed by atoms with Crippen molar-refractivity contribution in [2.45, 2.75) is 11.4 Å². The van der Waals surface area contributed by atoms with Crippen molar-refractivity contribution in [2.24, 2.45) is 0 Å². The van der Waals surface area contributed by atoms with Gasteiger partial charge in [-0.05, 0) is 42.9 Å². The van der Waals surface area contributed by atoms with E-state index in [4.69, 9.17) is 14.2 Å². The van der Waals surface area contributed by atoms with E-state index in [0.29, 0.717) is 43.4 Å². The zero-order chi connectivity index (χ0) is 22.0. The minimum absolute atomic E-state index is 0.0751. The molecule has 9 nitrogen and oxygen atoms in total. The Bertz CT molecular complexity index is 1080. The van der Waals surface area contributed by atoms with Gasteiger partial charge in [-0.2, -0.15) is 4.31 Å². The van der Waals surface area contributed by atoms with Gasteiger partial charge in [0, 0.05) is 32.7 Å². The van der Waals surface area contributed by atoms with Crippen LogP contribution in [0.2, 0.25) is 0 Å². The highest BCUT2D eigenvalue weighted by Gasteiger charge is 2.29. The molecule has 0 aliphatic carbocycles. The van der Waals surface area contributed by atoms with E-state index >= 15 is 0 Å². The van der Waals surface area contributed by atoms with Crippen LogP contribution < -0.4 is 19.5 Å². The molecule has 1 saturated heterocycles. The molecule has 0 radical (unpaired) electrons. The van der Waals surface area contributed by atoms with Crippen LogP contribution in [0.15, 0.2) is 41.3 Å². The number of carbonyl (C=O) groups is 1. The van der Waals surface area contributed by atoms with Crippen molar-refractivity contribution >= 4 is 15.9 Å². The minimum atomic E-state index is -3.70. The van der Waals surface area contributed by atoms with Crippen molar-refractivity contribution < 1.29 is 27.4 Å². The first-order chi connectivity index (χ1) is 14.9. The number of rotatable bonds is 6. The van der Waals surface area contributed by atoms with Crippen LogP contribution in [0.4, 0.5) is 0 Å². The molecule has 0 unspecified atom stereocenters. The molecule has 0 atom stereocenters. The smallest absolute Gasteiger partial charge is 0.255 e. The van der Waals surface area contributed by atoms with Crippen LogP contribution in [0.25, 0.3) is 0 Å². The maximum atomic E-state index is 13.1. The second-order valence-electron chi connectivity index (χ2n) is 7.44. The van der Waals surface area contributed by atoms with E-state index in [0.717, 1.165) is 5.56 Å². The fourth-order valence-corrected chi connectivity index (χ4v) is 4.98. The molecule has 4 rings (SSSR count). The fourth-order valence-electron chi connectivity index (χ4n) is 3.53. The molecule has 0 bridgehead atoms. The van der Waals surface area contributed by atoms with Gasteiger partial charge in [-0.25, -0.2) is 8.42 Å². The van der Waals surface area contributed by atoms with Crippen molar-refractivity contribution in [3.05, 3.63) is 47.5 Å². The highest BCUT2D eigenvalue weighted by molar-refractivity contribution is 7.89. The Morgan fingerprint density at radius 1 is 1.06 bits per heavy atom. The SMILES string of the molecule is COc1ccc(S(=O)(=O)N2CCN(C)CC2)cc1C(=O)NCc1ccc2c(c1)OCO2. The third-order valence-electron chi connectivity index (χ3n) is 5.41. The summed E-state index contributed by atoms with van der Waals surface area (Å²) >= 11 is 0. The molecule has 2 aliphatic heterocycles. The molecule has 2 aliphatic rings. The van der Waals surface area contributed by atoms with Crippen LogP contribution in [-0.2, 0) is 16.6 Å². The summed E-state index contributed by atoms with van der Waals surface area (Å²) in [4.78, 5) is 15.0. The lowest BCUT2D eigenvalue weighted by Gasteiger charge is -2.31. The maximum absolute atomic E-state index is 13.1. The van der Waals surface area contributed by atoms with Crippen LogP contribution >= 0.6 is 0 Å². The van der Waals surface area contributed by atoms with Gasteiger partial charge in [-0.1, -0.05) is 6.07 Å². The number of amides is 1. The van der Waals surface area contributed by atoms with E-state index in [1.807, 2.05) is 13.1 Å². The first-order valence-corrected chi connectivity index (χ1v) is 11.4. The van der Waals surface area contributed by atoms with E-state index in [-0.39, 0.29) is 23.8 Å². The highest BCUT2D eigenvalue weighted by Crippen LogP contribution is 2.32. The van der Waals surface area contributed by atoms with Gasteiger partial charge in [-0.3, -0.25) is 4.79 Å². The molecular weight excluding hydrogens is 422 g/mol. The summed E-state index contributed by atoms with van der Waals surface area (Å²) in [7, 11) is -0.298. The van der Waals surface area contributed by atoms with Gasteiger partial charge in [0.15, 0.2) is 11.5 Å². The number of hydrogen-bond acceptors (Lipinski definition) is 7. The molecule has 0 spiro atoms. The second kappa shape index (κ2) is 8.74. The third kappa shape index (κ3) is 4.46. The summed E-state index contributed by atoms with van der Waals surface area (Å²) in [6.07, 6.45) is 0. The number of hydrogen-bond donors (Lipinski definition) is 1. The van der Waals surface area contributed by atoms with Crippen molar-refractivity contribution in [1.29, 1.82) is 0 Å². The number of likely N-dealkylation sites (N-methyl/N-ethyl adjacent to an activating group) is 1. The largest absolute Gasteiger partial charge is 0.496 e. The zero-order valence-electron chi connectivity index (χ0n) is 17.5. The topological polar surface area (TPSA) is 97.4 Å². The first-order valence-electron chi connectivity index (χ1n) is 9.92. The summed E-state index contributed by atoms with van der Waals surface area (Å²) in [6.45, 7) is 2.58. The maximum Gasteiger partial charge on any atom is 0.255 e. The summed E-state index contributed by atoms with van der Waals surface area (Å²) < 4.78 is 43.5. The first kappa shape index (κ1) is 21.4. The summed E-state index contributed by atoms with van der Waals surface area (Å²) in [6, 6.07) is 9.78. The Hall–Kier alpha value is -2.82. The van der Waals surface area contributed by atoms with Gasteiger partial charge < -0.3 is 24.4 Å². The van der Waals surface area contributed by atoms with Gasteiger partial charge in [-0.15, -0.1) is 0 Å². The molecule has 2 heterocycles. The Morgan fingerprint density at radius 3 is 2.55 bits per heavy atom. The molecular formula is C21H25N3O6S. The van der Waals surface area contributed by atoms with Gasteiger partial charge >= 0.3 is 0 Å². The Morgan fingerprint density at radius 2 is 1.81 bits per heavy atom. The molecule has 1 N–H and O–H groups in total.